The van der Waals surface area contributed by atoms with E-state index in [0.29, 0.717) is 32.2 Å². The Hall–Kier alpha value is -1.88. The minimum atomic E-state index is -0.257. The summed E-state index contributed by atoms with van der Waals surface area (Å²) in [7, 11) is 0. The van der Waals surface area contributed by atoms with E-state index in [4.69, 9.17) is 4.74 Å². The highest BCUT2D eigenvalue weighted by Crippen LogP contribution is 2.25. The number of carbonyl (C=O) groups is 2. The van der Waals surface area contributed by atoms with E-state index in [1.807, 2.05) is 30.3 Å². The Labute approximate surface area is 149 Å². The van der Waals surface area contributed by atoms with Crippen molar-refractivity contribution in [3.8, 4) is 0 Å². The third-order valence-electron chi connectivity index (χ3n) is 5.09. The molecular weight excluding hydrogens is 316 g/mol. The van der Waals surface area contributed by atoms with Crippen molar-refractivity contribution in [2.24, 2.45) is 5.92 Å². The Bertz CT molecular complexity index is 570. The van der Waals surface area contributed by atoms with Gasteiger partial charge in [-0.05, 0) is 31.4 Å². The zero-order valence-electron chi connectivity index (χ0n) is 14.8. The first-order valence-electron chi connectivity index (χ1n) is 9.49. The van der Waals surface area contributed by atoms with Crippen molar-refractivity contribution in [1.29, 1.82) is 0 Å². The number of nitrogens with zero attached hydrogens (tertiary/aromatic N) is 1. The van der Waals surface area contributed by atoms with Crippen molar-refractivity contribution in [1.82, 2.24) is 5.32 Å². The molecule has 2 amide bonds. The summed E-state index contributed by atoms with van der Waals surface area (Å²) >= 11 is 0. The monoisotopic (exact) mass is 344 g/mol. The third kappa shape index (κ3) is 5.05. The number of rotatable bonds is 7. The van der Waals surface area contributed by atoms with E-state index in [9.17, 15) is 9.59 Å². The van der Waals surface area contributed by atoms with Crippen molar-refractivity contribution >= 4 is 17.5 Å². The summed E-state index contributed by atoms with van der Waals surface area (Å²) in [6.07, 6.45) is 7.75. The van der Waals surface area contributed by atoms with Crippen LogP contribution in [-0.2, 0) is 14.3 Å². The molecule has 0 aromatic heterocycles. The Morgan fingerprint density at radius 3 is 2.68 bits per heavy atom. The summed E-state index contributed by atoms with van der Waals surface area (Å²) in [5.41, 5.74) is 0.865. The molecule has 2 aliphatic rings. The number of para-hydroxylation sites is 1. The normalized spacial score (nSPS) is 21.5. The lowest BCUT2D eigenvalue weighted by Gasteiger charge is -2.22. The Morgan fingerprint density at radius 1 is 1.16 bits per heavy atom. The maximum atomic E-state index is 12.3. The van der Waals surface area contributed by atoms with E-state index in [1.165, 1.54) is 32.1 Å². The largest absolute Gasteiger partial charge is 0.378 e. The number of hydrogen-bond acceptors (Lipinski definition) is 3. The first-order chi connectivity index (χ1) is 12.2. The van der Waals surface area contributed by atoms with Gasteiger partial charge in [-0.1, -0.05) is 37.5 Å². The summed E-state index contributed by atoms with van der Waals surface area (Å²) in [5, 5.41) is 2.96. The summed E-state index contributed by atoms with van der Waals surface area (Å²) < 4.78 is 5.87. The van der Waals surface area contributed by atoms with Crippen LogP contribution in [0.3, 0.4) is 0 Å². The molecule has 0 radical (unpaired) electrons. The minimum Gasteiger partial charge on any atom is -0.378 e. The number of ether oxygens (including phenoxy) is 1. The highest BCUT2D eigenvalue weighted by atomic mass is 16.5. The Kier molecular flexibility index (Phi) is 6.45. The quantitative estimate of drug-likeness (QED) is 0.774. The van der Waals surface area contributed by atoms with Crippen LogP contribution in [0.5, 0.6) is 0 Å². The molecule has 0 unspecified atom stereocenters. The number of hydrogen-bond donors (Lipinski definition) is 1. The molecule has 3 rings (SSSR count). The number of anilines is 1. The first kappa shape index (κ1) is 17.9. The number of carbonyl (C=O) groups excluding carboxylic acids is 2. The lowest BCUT2D eigenvalue weighted by atomic mass is 9.98. The molecule has 136 valence electrons. The zero-order valence-corrected chi connectivity index (χ0v) is 14.8. The van der Waals surface area contributed by atoms with Crippen LogP contribution in [0.2, 0.25) is 0 Å². The maximum absolute atomic E-state index is 12.3. The molecule has 1 saturated heterocycles. The Morgan fingerprint density at radius 2 is 1.92 bits per heavy atom. The fourth-order valence-electron chi connectivity index (χ4n) is 3.65. The third-order valence-corrected chi connectivity index (χ3v) is 5.09. The second-order valence-corrected chi connectivity index (χ2v) is 7.02. The molecule has 2 fully saturated rings. The summed E-state index contributed by atoms with van der Waals surface area (Å²) in [5.74, 6) is -0.261. The van der Waals surface area contributed by atoms with Gasteiger partial charge in [-0.3, -0.25) is 9.59 Å². The average molecular weight is 344 g/mol. The first-order valence-corrected chi connectivity index (χ1v) is 9.49. The standard InChI is InChI=1S/C20H28N2O3/c23-19-14-16(15-22(19)17-8-3-1-4-9-17)20(24)21-12-7-13-25-18-10-5-2-6-11-18/h1,3-4,8-9,16,18H,2,5-7,10-15H2,(H,21,24)/t16-/m0/s1. The van der Waals surface area contributed by atoms with Gasteiger partial charge in [0.2, 0.25) is 11.8 Å². The van der Waals surface area contributed by atoms with Gasteiger partial charge in [0, 0.05) is 31.8 Å². The van der Waals surface area contributed by atoms with Crippen molar-refractivity contribution in [2.45, 2.75) is 51.0 Å². The highest BCUT2D eigenvalue weighted by molar-refractivity contribution is 6.00. The molecule has 1 heterocycles. The number of benzene rings is 1. The van der Waals surface area contributed by atoms with Crippen LogP contribution >= 0.6 is 0 Å². The van der Waals surface area contributed by atoms with E-state index >= 15 is 0 Å². The van der Waals surface area contributed by atoms with Crippen LogP contribution in [0.25, 0.3) is 0 Å². The lowest BCUT2D eigenvalue weighted by Crippen LogP contribution is -2.34. The van der Waals surface area contributed by atoms with E-state index in [1.54, 1.807) is 4.90 Å². The predicted octanol–water partition coefficient (Wildman–Crippen LogP) is 2.90. The molecule has 1 aromatic carbocycles. The zero-order chi connectivity index (χ0) is 17.5. The van der Waals surface area contributed by atoms with Gasteiger partial charge in [0.1, 0.15) is 0 Å². The van der Waals surface area contributed by atoms with Gasteiger partial charge in [-0.25, -0.2) is 0 Å². The van der Waals surface area contributed by atoms with E-state index < -0.39 is 0 Å². The van der Waals surface area contributed by atoms with Gasteiger partial charge in [0.25, 0.3) is 0 Å². The van der Waals surface area contributed by atoms with Gasteiger partial charge in [0.15, 0.2) is 0 Å². The lowest BCUT2D eigenvalue weighted by molar-refractivity contribution is -0.126. The smallest absolute Gasteiger partial charge is 0.227 e. The topological polar surface area (TPSA) is 58.6 Å². The van der Waals surface area contributed by atoms with Gasteiger partial charge >= 0.3 is 0 Å². The molecular formula is C20H28N2O3. The van der Waals surface area contributed by atoms with Gasteiger partial charge in [0.05, 0.1) is 12.0 Å². The summed E-state index contributed by atoms with van der Waals surface area (Å²) in [6.45, 7) is 1.78. The van der Waals surface area contributed by atoms with Crippen LogP contribution in [0, 0.1) is 5.92 Å². The molecule has 1 saturated carbocycles. The van der Waals surface area contributed by atoms with E-state index in [-0.39, 0.29) is 17.7 Å². The maximum Gasteiger partial charge on any atom is 0.227 e. The molecule has 1 aromatic rings. The molecule has 0 bridgehead atoms. The SMILES string of the molecule is O=C(NCCCOC1CCCCC1)[C@H]1CC(=O)N(c2ccccc2)C1. The molecule has 25 heavy (non-hydrogen) atoms. The fourth-order valence-corrected chi connectivity index (χ4v) is 3.65. The molecule has 0 spiro atoms. The van der Waals surface area contributed by atoms with Crippen molar-refractivity contribution in [2.75, 3.05) is 24.6 Å². The second kappa shape index (κ2) is 8.99. The van der Waals surface area contributed by atoms with Crippen molar-refractivity contribution < 1.29 is 14.3 Å². The van der Waals surface area contributed by atoms with E-state index in [2.05, 4.69) is 5.32 Å². The molecule has 1 aliphatic heterocycles. The van der Waals surface area contributed by atoms with Crippen LogP contribution < -0.4 is 10.2 Å². The fraction of sp³-hybridized carbons (Fsp3) is 0.600. The highest BCUT2D eigenvalue weighted by Gasteiger charge is 2.34. The van der Waals surface area contributed by atoms with E-state index in [0.717, 1.165) is 12.1 Å². The summed E-state index contributed by atoms with van der Waals surface area (Å²) in [4.78, 5) is 26.2. The van der Waals surface area contributed by atoms with Crippen LogP contribution in [-0.4, -0.2) is 37.6 Å². The molecule has 1 N–H and O–H groups in total. The van der Waals surface area contributed by atoms with Crippen molar-refractivity contribution in [3.05, 3.63) is 30.3 Å². The molecule has 5 nitrogen and oxygen atoms in total. The predicted molar refractivity (Wildman–Crippen MR) is 97.4 cm³/mol. The van der Waals surface area contributed by atoms with Crippen LogP contribution in [0.1, 0.15) is 44.9 Å². The Balaban J connectivity index is 1.35. The van der Waals surface area contributed by atoms with Gasteiger partial charge in [-0.15, -0.1) is 0 Å². The number of nitrogens with one attached hydrogen (secondary N) is 1. The minimum absolute atomic E-state index is 0.0204. The number of amides is 2. The second-order valence-electron chi connectivity index (χ2n) is 7.02. The molecule has 1 aliphatic carbocycles. The molecule has 5 heteroatoms. The van der Waals surface area contributed by atoms with Crippen LogP contribution in [0.15, 0.2) is 30.3 Å². The summed E-state index contributed by atoms with van der Waals surface area (Å²) in [6, 6.07) is 9.54. The van der Waals surface area contributed by atoms with Gasteiger partial charge < -0.3 is 15.0 Å². The molecule has 1 atom stereocenters. The van der Waals surface area contributed by atoms with Gasteiger partial charge in [-0.2, -0.15) is 0 Å². The average Bonchev–Trinajstić information content (AvgIpc) is 3.05. The van der Waals surface area contributed by atoms with Crippen LogP contribution in [0.4, 0.5) is 5.69 Å². The van der Waals surface area contributed by atoms with Crippen molar-refractivity contribution in [3.63, 3.8) is 0 Å².